The predicted molar refractivity (Wildman–Crippen MR) is 101 cm³/mol. The minimum absolute atomic E-state index is 0.0125. The van der Waals surface area contributed by atoms with Crippen molar-refractivity contribution in [3.05, 3.63) is 39.9 Å². The van der Waals surface area contributed by atoms with E-state index in [1.165, 1.54) is 21.3 Å². The zero-order valence-corrected chi connectivity index (χ0v) is 16.9. The molecule has 3 aliphatic rings. The van der Waals surface area contributed by atoms with Crippen molar-refractivity contribution in [3.8, 4) is 0 Å². The summed E-state index contributed by atoms with van der Waals surface area (Å²) in [6.45, 7) is 1.88. The summed E-state index contributed by atoms with van der Waals surface area (Å²) in [5, 5.41) is 0.449. The van der Waals surface area contributed by atoms with Gasteiger partial charge in [0.2, 0.25) is 21.8 Å². The van der Waals surface area contributed by atoms with Crippen LogP contribution in [0.15, 0.2) is 29.2 Å². The van der Waals surface area contributed by atoms with Crippen LogP contribution in [0.2, 0.25) is 10.0 Å². The molecule has 9 heteroatoms. The molecule has 0 aromatic heterocycles. The smallest absolute Gasteiger partial charge is 0.244 e. The number of hydrogen-bond donors (Lipinski definition) is 0. The molecule has 2 aliphatic heterocycles. The molecule has 0 spiro atoms. The first kappa shape index (κ1) is 18.9. The minimum Gasteiger partial charge on any atom is -0.276 e. The number of allylic oxidation sites excluding steroid dienone is 2. The molecular formula is C18H18Cl2N2O4S. The third-order valence-corrected chi connectivity index (χ3v) is 8.27. The maximum Gasteiger partial charge on any atom is 0.244 e. The molecule has 2 fully saturated rings. The van der Waals surface area contributed by atoms with Gasteiger partial charge in [-0.15, -0.1) is 0 Å². The Morgan fingerprint density at radius 2 is 1.52 bits per heavy atom. The normalized spacial score (nSPS) is 26.4. The van der Waals surface area contributed by atoms with E-state index in [1.807, 2.05) is 12.2 Å². The summed E-state index contributed by atoms with van der Waals surface area (Å²) in [6, 6.07) is 2.44. The van der Waals surface area contributed by atoms with Gasteiger partial charge in [0.05, 0.1) is 22.9 Å². The van der Waals surface area contributed by atoms with Crippen molar-refractivity contribution in [2.75, 3.05) is 13.1 Å². The number of likely N-dealkylation sites (tertiary alicyclic amines) is 1. The minimum atomic E-state index is -3.81. The van der Waals surface area contributed by atoms with Gasteiger partial charge in [0.1, 0.15) is 4.90 Å². The number of carbonyl (C=O) groups excluding carboxylic acids is 2. The summed E-state index contributed by atoms with van der Waals surface area (Å²) in [5.74, 6) is -0.975. The molecule has 0 bridgehead atoms. The van der Waals surface area contributed by atoms with Crippen LogP contribution in [0.5, 0.6) is 0 Å². The zero-order chi connectivity index (χ0) is 19.5. The number of sulfonamides is 1. The zero-order valence-electron chi connectivity index (χ0n) is 14.6. The molecule has 2 amide bonds. The van der Waals surface area contributed by atoms with Crippen LogP contribution in [0, 0.1) is 18.8 Å². The third kappa shape index (κ3) is 2.92. The molecule has 1 aliphatic carbocycles. The van der Waals surface area contributed by atoms with Crippen LogP contribution < -0.4 is 0 Å². The second kappa shape index (κ2) is 6.58. The summed E-state index contributed by atoms with van der Waals surface area (Å²) < 4.78 is 27.0. The van der Waals surface area contributed by atoms with Gasteiger partial charge in [0.25, 0.3) is 0 Å². The van der Waals surface area contributed by atoms with Crippen molar-refractivity contribution in [2.24, 2.45) is 11.8 Å². The Bertz CT molecular complexity index is 944. The summed E-state index contributed by atoms with van der Waals surface area (Å²) in [5.41, 5.74) is 0.609. The van der Waals surface area contributed by atoms with E-state index in [9.17, 15) is 18.0 Å². The van der Waals surface area contributed by atoms with E-state index in [-0.39, 0.29) is 46.7 Å². The molecule has 0 unspecified atom stereocenters. The average Bonchev–Trinajstić information content (AvgIpc) is 2.82. The molecule has 4 rings (SSSR count). The molecule has 2 heterocycles. The quantitative estimate of drug-likeness (QED) is 0.547. The lowest BCUT2D eigenvalue weighted by atomic mass is 9.85. The number of amides is 2. The highest BCUT2D eigenvalue weighted by Crippen LogP contribution is 2.39. The van der Waals surface area contributed by atoms with Crippen LogP contribution in [0.25, 0.3) is 0 Å². The Morgan fingerprint density at radius 3 is 2.07 bits per heavy atom. The summed E-state index contributed by atoms with van der Waals surface area (Å²) in [7, 11) is -3.81. The molecule has 0 radical (unpaired) electrons. The summed E-state index contributed by atoms with van der Waals surface area (Å²) in [4.78, 5) is 26.5. The largest absolute Gasteiger partial charge is 0.276 e. The van der Waals surface area contributed by atoms with Gasteiger partial charge in [-0.2, -0.15) is 4.31 Å². The third-order valence-electron chi connectivity index (χ3n) is 5.57. The number of benzene rings is 1. The standard InChI is InChI=1S/C18H18Cl2N2O4S/c1-10-6-16(15(20)7-14(10)19)27(25,26)21-8-11(9-21)22-17(23)12-4-2-3-5-13(12)18(22)24/h2-3,6-7,11-13H,4-5,8-9H2,1H3/t12-,13-/m1/s1. The number of aryl methyl sites for hydroxylation is 1. The van der Waals surface area contributed by atoms with Crippen LogP contribution in [-0.2, 0) is 19.6 Å². The van der Waals surface area contributed by atoms with Gasteiger partial charge in [-0.1, -0.05) is 35.4 Å². The van der Waals surface area contributed by atoms with Gasteiger partial charge >= 0.3 is 0 Å². The highest BCUT2D eigenvalue weighted by atomic mass is 35.5. The van der Waals surface area contributed by atoms with Gasteiger partial charge in [-0.25, -0.2) is 8.42 Å². The predicted octanol–water partition coefficient (Wildman–Crippen LogP) is 2.63. The highest BCUT2D eigenvalue weighted by molar-refractivity contribution is 7.89. The van der Waals surface area contributed by atoms with Crippen molar-refractivity contribution in [1.29, 1.82) is 0 Å². The first-order valence-corrected chi connectivity index (χ1v) is 10.9. The molecule has 2 saturated heterocycles. The topological polar surface area (TPSA) is 74.8 Å². The van der Waals surface area contributed by atoms with Gasteiger partial charge in [0, 0.05) is 18.1 Å². The summed E-state index contributed by atoms with van der Waals surface area (Å²) in [6.07, 6.45) is 5.00. The van der Waals surface area contributed by atoms with Gasteiger partial charge < -0.3 is 0 Å². The molecule has 144 valence electrons. The van der Waals surface area contributed by atoms with Crippen molar-refractivity contribution in [3.63, 3.8) is 0 Å². The average molecular weight is 429 g/mol. The first-order chi connectivity index (χ1) is 12.7. The Balaban J connectivity index is 1.52. The van der Waals surface area contributed by atoms with Crippen molar-refractivity contribution >= 4 is 45.0 Å². The number of fused-ring (bicyclic) bond motifs is 1. The van der Waals surface area contributed by atoms with Crippen LogP contribution in [0.3, 0.4) is 0 Å². The van der Waals surface area contributed by atoms with E-state index >= 15 is 0 Å². The van der Waals surface area contributed by atoms with E-state index in [4.69, 9.17) is 23.2 Å². The highest BCUT2D eigenvalue weighted by Gasteiger charge is 2.53. The molecule has 2 atom stereocenters. The molecule has 1 aromatic rings. The van der Waals surface area contributed by atoms with E-state index < -0.39 is 16.1 Å². The fraction of sp³-hybridized carbons (Fsp3) is 0.444. The molecular weight excluding hydrogens is 411 g/mol. The lowest BCUT2D eigenvalue weighted by Gasteiger charge is -2.42. The van der Waals surface area contributed by atoms with Crippen LogP contribution in [0.4, 0.5) is 0 Å². The van der Waals surface area contributed by atoms with Crippen molar-refractivity contribution in [2.45, 2.75) is 30.7 Å². The van der Waals surface area contributed by atoms with E-state index in [1.54, 1.807) is 6.92 Å². The number of nitrogens with zero attached hydrogens (tertiary/aromatic N) is 2. The maximum atomic E-state index is 12.9. The molecule has 27 heavy (non-hydrogen) atoms. The second-order valence-electron chi connectivity index (χ2n) is 7.21. The number of halogens is 2. The summed E-state index contributed by atoms with van der Waals surface area (Å²) >= 11 is 12.1. The number of carbonyl (C=O) groups is 2. The fourth-order valence-corrected chi connectivity index (χ4v) is 6.25. The molecule has 1 aromatic carbocycles. The Hall–Kier alpha value is -1.41. The number of hydrogen-bond acceptors (Lipinski definition) is 4. The molecule has 6 nitrogen and oxygen atoms in total. The Kier molecular flexibility index (Phi) is 4.62. The van der Waals surface area contributed by atoms with E-state index in [0.717, 1.165) is 0 Å². The lowest BCUT2D eigenvalue weighted by molar-refractivity contribution is -0.145. The van der Waals surface area contributed by atoms with Gasteiger partial charge in [-0.05, 0) is 37.5 Å². The fourth-order valence-electron chi connectivity index (χ4n) is 3.93. The van der Waals surface area contributed by atoms with Crippen LogP contribution in [0.1, 0.15) is 18.4 Å². The second-order valence-corrected chi connectivity index (χ2v) is 9.93. The van der Waals surface area contributed by atoms with Crippen LogP contribution >= 0.6 is 23.2 Å². The van der Waals surface area contributed by atoms with Crippen LogP contribution in [-0.4, -0.2) is 48.6 Å². The molecule has 0 saturated carbocycles. The van der Waals surface area contributed by atoms with Crippen molar-refractivity contribution < 1.29 is 18.0 Å². The Morgan fingerprint density at radius 1 is 0.963 bits per heavy atom. The molecule has 0 N–H and O–H groups in total. The first-order valence-electron chi connectivity index (χ1n) is 8.69. The number of imide groups is 1. The van der Waals surface area contributed by atoms with Gasteiger partial charge in [-0.3, -0.25) is 14.5 Å². The Labute approximate surface area is 167 Å². The van der Waals surface area contributed by atoms with Crippen molar-refractivity contribution in [1.82, 2.24) is 9.21 Å². The maximum absolute atomic E-state index is 12.9. The SMILES string of the molecule is Cc1cc(S(=O)(=O)N2CC(N3C(=O)[C@@H]4CC=CC[C@H]4C3=O)C2)c(Cl)cc1Cl. The van der Waals surface area contributed by atoms with Gasteiger partial charge in [0.15, 0.2) is 0 Å². The van der Waals surface area contributed by atoms with E-state index in [0.29, 0.717) is 23.4 Å². The lowest BCUT2D eigenvalue weighted by Crippen LogP contribution is -2.62. The monoisotopic (exact) mass is 428 g/mol. The number of rotatable bonds is 3. The van der Waals surface area contributed by atoms with E-state index in [2.05, 4.69) is 0 Å².